The molecular weight excluding hydrogens is 308 g/mol. The van der Waals surface area contributed by atoms with Crippen LogP contribution in [0.4, 0.5) is 4.79 Å². The molecule has 2 amide bonds. The molecule has 2 fully saturated rings. The van der Waals surface area contributed by atoms with E-state index in [0.29, 0.717) is 25.6 Å². The van der Waals surface area contributed by atoms with Gasteiger partial charge in [-0.3, -0.25) is 4.79 Å². The molecule has 0 radical (unpaired) electrons. The summed E-state index contributed by atoms with van der Waals surface area (Å²) in [6.45, 7) is 8.42. The average Bonchev–Trinajstić information content (AvgIpc) is 2.56. The van der Waals surface area contributed by atoms with E-state index >= 15 is 0 Å². The quantitative estimate of drug-likeness (QED) is 0.835. The zero-order valence-corrected chi connectivity index (χ0v) is 15.3. The van der Waals surface area contributed by atoms with E-state index in [1.54, 1.807) is 11.8 Å². The van der Waals surface area contributed by atoms with Crippen LogP contribution in [0.5, 0.6) is 0 Å². The largest absolute Gasteiger partial charge is 0.450 e. The first kappa shape index (κ1) is 19.0. The summed E-state index contributed by atoms with van der Waals surface area (Å²) in [4.78, 5) is 26.2. The van der Waals surface area contributed by atoms with Crippen molar-refractivity contribution < 1.29 is 19.1 Å². The molecule has 3 unspecified atom stereocenters. The standard InChI is InChI=1S/C18H32N2O4/c1-4-23-18(22)20-9-5-7-14(12-20)17(21)19-15-8-6-10-24-16(15)11-13(2)3/h13-16H,4-12H2,1-3H3,(H,19,21). The van der Waals surface area contributed by atoms with Crippen molar-refractivity contribution in [3.8, 4) is 0 Å². The summed E-state index contributed by atoms with van der Waals surface area (Å²) in [5.74, 6) is 0.444. The second-order valence-electron chi connectivity index (χ2n) is 7.28. The Bertz CT molecular complexity index is 427. The smallest absolute Gasteiger partial charge is 0.409 e. The fourth-order valence-electron chi connectivity index (χ4n) is 3.57. The summed E-state index contributed by atoms with van der Waals surface area (Å²) in [6.07, 6.45) is 4.37. The van der Waals surface area contributed by atoms with Crippen molar-refractivity contribution in [2.45, 2.75) is 65.0 Å². The first-order valence-corrected chi connectivity index (χ1v) is 9.35. The minimum absolute atomic E-state index is 0.0493. The van der Waals surface area contributed by atoms with Gasteiger partial charge in [0.2, 0.25) is 5.91 Å². The number of nitrogens with zero attached hydrogens (tertiary/aromatic N) is 1. The lowest BCUT2D eigenvalue weighted by molar-refractivity contribution is -0.129. The van der Waals surface area contributed by atoms with Crippen LogP contribution in [0.25, 0.3) is 0 Å². The van der Waals surface area contributed by atoms with Crippen LogP contribution < -0.4 is 5.32 Å². The van der Waals surface area contributed by atoms with E-state index in [2.05, 4.69) is 19.2 Å². The summed E-state index contributed by atoms with van der Waals surface area (Å²) in [5, 5.41) is 3.19. The molecular formula is C18H32N2O4. The Morgan fingerprint density at radius 1 is 1.29 bits per heavy atom. The molecule has 24 heavy (non-hydrogen) atoms. The molecule has 2 aliphatic heterocycles. The predicted octanol–water partition coefficient (Wildman–Crippen LogP) is 2.56. The van der Waals surface area contributed by atoms with E-state index in [9.17, 15) is 9.59 Å². The Labute approximate surface area is 145 Å². The number of ether oxygens (including phenoxy) is 2. The number of piperidine rings is 1. The van der Waals surface area contributed by atoms with Crippen LogP contribution in [-0.2, 0) is 14.3 Å². The Morgan fingerprint density at radius 3 is 2.79 bits per heavy atom. The molecule has 2 rings (SSSR count). The van der Waals surface area contributed by atoms with Crippen LogP contribution >= 0.6 is 0 Å². The van der Waals surface area contributed by atoms with Crippen LogP contribution in [0.3, 0.4) is 0 Å². The number of nitrogens with one attached hydrogen (secondary N) is 1. The summed E-state index contributed by atoms with van der Waals surface area (Å²) < 4.78 is 10.9. The Morgan fingerprint density at radius 2 is 2.08 bits per heavy atom. The molecule has 0 saturated carbocycles. The van der Waals surface area contributed by atoms with Crippen LogP contribution in [0.15, 0.2) is 0 Å². The van der Waals surface area contributed by atoms with E-state index in [-0.39, 0.29) is 30.1 Å². The summed E-state index contributed by atoms with van der Waals surface area (Å²) in [6, 6.07) is 0.0895. The highest BCUT2D eigenvalue weighted by molar-refractivity contribution is 5.80. The molecule has 6 nitrogen and oxygen atoms in total. The van der Waals surface area contributed by atoms with E-state index in [0.717, 1.165) is 38.7 Å². The number of amides is 2. The van der Waals surface area contributed by atoms with Gasteiger partial charge in [-0.15, -0.1) is 0 Å². The van der Waals surface area contributed by atoms with Crippen LogP contribution in [0, 0.1) is 11.8 Å². The van der Waals surface area contributed by atoms with E-state index in [1.165, 1.54) is 0 Å². The van der Waals surface area contributed by atoms with Gasteiger partial charge in [-0.2, -0.15) is 0 Å². The number of rotatable bonds is 5. The maximum atomic E-state index is 12.7. The van der Waals surface area contributed by atoms with Crippen molar-refractivity contribution in [3.63, 3.8) is 0 Å². The minimum Gasteiger partial charge on any atom is -0.450 e. The Kier molecular flexibility index (Phi) is 7.34. The van der Waals surface area contributed by atoms with Gasteiger partial charge >= 0.3 is 6.09 Å². The van der Waals surface area contributed by atoms with Gasteiger partial charge < -0.3 is 19.7 Å². The van der Waals surface area contributed by atoms with Gasteiger partial charge in [0, 0.05) is 19.7 Å². The van der Waals surface area contributed by atoms with Crippen molar-refractivity contribution in [1.29, 1.82) is 0 Å². The average molecular weight is 340 g/mol. The van der Waals surface area contributed by atoms with Gasteiger partial charge in [0.05, 0.1) is 24.7 Å². The lowest BCUT2D eigenvalue weighted by Gasteiger charge is -2.36. The molecule has 6 heteroatoms. The molecule has 0 bridgehead atoms. The van der Waals surface area contributed by atoms with Crippen LogP contribution in [0.2, 0.25) is 0 Å². The Balaban J connectivity index is 1.89. The molecule has 2 aliphatic rings. The number of carbonyl (C=O) groups excluding carboxylic acids is 2. The van der Waals surface area contributed by atoms with E-state index in [1.807, 2.05) is 0 Å². The monoisotopic (exact) mass is 340 g/mol. The van der Waals surface area contributed by atoms with Gasteiger partial charge in [0.1, 0.15) is 0 Å². The highest BCUT2D eigenvalue weighted by Crippen LogP contribution is 2.22. The maximum absolute atomic E-state index is 12.7. The van der Waals surface area contributed by atoms with Gasteiger partial charge in [0.15, 0.2) is 0 Å². The second kappa shape index (κ2) is 9.25. The number of carbonyl (C=O) groups is 2. The third kappa shape index (κ3) is 5.36. The van der Waals surface area contributed by atoms with E-state index < -0.39 is 0 Å². The van der Waals surface area contributed by atoms with Gasteiger partial charge in [-0.25, -0.2) is 4.79 Å². The topological polar surface area (TPSA) is 67.9 Å². The fourth-order valence-corrected chi connectivity index (χ4v) is 3.57. The molecule has 0 aromatic carbocycles. The molecule has 0 aromatic heterocycles. The van der Waals surface area contributed by atoms with Gasteiger partial charge in [-0.05, 0) is 44.9 Å². The summed E-state index contributed by atoms with van der Waals surface area (Å²) in [7, 11) is 0. The van der Waals surface area contributed by atoms with Crippen molar-refractivity contribution in [2.24, 2.45) is 11.8 Å². The minimum atomic E-state index is -0.311. The molecule has 1 N–H and O–H groups in total. The second-order valence-corrected chi connectivity index (χ2v) is 7.28. The predicted molar refractivity (Wildman–Crippen MR) is 91.7 cm³/mol. The normalized spacial score (nSPS) is 27.8. The molecule has 0 spiro atoms. The number of likely N-dealkylation sites (tertiary alicyclic amines) is 1. The molecule has 0 aromatic rings. The molecule has 138 valence electrons. The number of hydrogen-bond acceptors (Lipinski definition) is 4. The zero-order valence-electron chi connectivity index (χ0n) is 15.3. The lowest BCUT2D eigenvalue weighted by Crippen LogP contribution is -2.52. The first-order chi connectivity index (χ1) is 11.5. The zero-order chi connectivity index (χ0) is 17.5. The van der Waals surface area contributed by atoms with Crippen molar-refractivity contribution in [2.75, 3.05) is 26.3 Å². The third-order valence-electron chi connectivity index (χ3n) is 4.79. The van der Waals surface area contributed by atoms with Crippen molar-refractivity contribution in [1.82, 2.24) is 10.2 Å². The summed E-state index contributed by atoms with van der Waals surface area (Å²) in [5.41, 5.74) is 0. The summed E-state index contributed by atoms with van der Waals surface area (Å²) >= 11 is 0. The van der Waals surface area contributed by atoms with Crippen molar-refractivity contribution >= 4 is 12.0 Å². The van der Waals surface area contributed by atoms with E-state index in [4.69, 9.17) is 9.47 Å². The first-order valence-electron chi connectivity index (χ1n) is 9.35. The number of hydrogen-bond donors (Lipinski definition) is 1. The van der Waals surface area contributed by atoms with Crippen LogP contribution in [0.1, 0.15) is 52.9 Å². The lowest BCUT2D eigenvalue weighted by atomic mass is 9.92. The Hall–Kier alpha value is -1.30. The molecule has 2 saturated heterocycles. The SMILES string of the molecule is CCOC(=O)N1CCCC(C(=O)NC2CCCOC2CC(C)C)C1. The highest BCUT2D eigenvalue weighted by Gasteiger charge is 2.33. The molecule has 0 aliphatic carbocycles. The maximum Gasteiger partial charge on any atom is 0.409 e. The fraction of sp³-hybridized carbons (Fsp3) is 0.889. The highest BCUT2D eigenvalue weighted by atomic mass is 16.6. The van der Waals surface area contributed by atoms with Gasteiger partial charge in [0.25, 0.3) is 0 Å². The van der Waals surface area contributed by atoms with Gasteiger partial charge in [-0.1, -0.05) is 13.8 Å². The molecule has 2 heterocycles. The third-order valence-corrected chi connectivity index (χ3v) is 4.79. The van der Waals surface area contributed by atoms with Crippen LogP contribution in [-0.4, -0.2) is 55.3 Å². The van der Waals surface area contributed by atoms with Crippen molar-refractivity contribution in [3.05, 3.63) is 0 Å². The molecule has 3 atom stereocenters.